The van der Waals surface area contributed by atoms with Crippen molar-refractivity contribution in [1.82, 2.24) is 10.6 Å². The van der Waals surface area contributed by atoms with Gasteiger partial charge >= 0.3 is 12.0 Å². The maximum atomic E-state index is 11.9. The first-order valence-corrected chi connectivity index (χ1v) is 7.80. The lowest BCUT2D eigenvalue weighted by atomic mass is 9.98. The zero-order valence-corrected chi connectivity index (χ0v) is 12.4. The van der Waals surface area contributed by atoms with E-state index in [1.54, 1.807) is 0 Å². The Hall–Kier alpha value is -1.26. The number of hydrogen-bond acceptors (Lipinski definition) is 2. The summed E-state index contributed by atoms with van der Waals surface area (Å²) in [6, 6.07) is -1.15. The standard InChI is InChI=1S/C15H26N2O3/c1-3-9(2)13(14(18)19)17-15(20)16-8-12(10-4-5-10)11-6-7-11/h9-13H,3-8H2,1-2H3,(H,18,19)(H2,16,17,20)/t9-,13-/m0/s1. The van der Waals surface area contributed by atoms with E-state index < -0.39 is 12.0 Å². The number of carbonyl (C=O) groups excluding carboxylic acids is 1. The van der Waals surface area contributed by atoms with Crippen molar-refractivity contribution in [2.75, 3.05) is 6.54 Å². The van der Waals surface area contributed by atoms with Crippen molar-refractivity contribution in [2.24, 2.45) is 23.7 Å². The Balaban J connectivity index is 1.76. The number of amides is 2. The van der Waals surface area contributed by atoms with Crippen molar-refractivity contribution < 1.29 is 14.7 Å². The number of nitrogens with one attached hydrogen (secondary N) is 2. The van der Waals surface area contributed by atoms with E-state index in [-0.39, 0.29) is 11.9 Å². The third-order valence-electron chi connectivity index (χ3n) is 4.72. The van der Waals surface area contributed by atoms with E-state index in [0.717, 1.165) is 18.3 Å². The maximum absolute atomic E-state index is 11.9. The molecule has 0 unspecified atom stereocenters. The summed E-state index contributed by atoms with van der Waals surface area (Å²) in [5.74, 6) is 1.14. The number of aliphatic carboxylic acids is 1. The van der Waals surface area contributed by atoms with E-state index >= 15 is 0 Å². The summed E-state index contributed by atoms with van der Waals surface area (Å²) in [5.41, 5.74) is 0. The second-order valence-corrected chi connectivity index (χ2v) is 6.39. The van der Waals surface area contributed by atoms with Crippen LogP contribution in [0.1, 0.15) is 46.0 Å². The van der Waals surface area contributed by atoms with E-state index in [9.17, 15) is 9.59 Å². The van der Waals surface area contributed by atoms with Crippen molar-refractivity contribution in [3.8, 4) is 0 Å². The highest BCUT2D eigenvalue weighted by Gasteiger charge is 2.41. The molecule has 5 heteroatoms. The second-order valence-electron chi connectivity index (χ2n) is 6.39. The van der Waals surface area contributed by atoms with E-state index in [4.69, 9.17) is 5.11 Å². The van der Waals surface area contributed by atoms with E-state index in [2.05, 4.69) is 10.6 Å². The number of urea groups is 1. The summed E-state index contributed by atoms with van der Waals surface area (Å²) in [7, 11) is 0. The first-order valence-electron chi connectivity index (χ1n) is 7.80. The molecule has 0 aromatic rings. The lowest BCUT2D eigenvalue weighted by Gasteiger charge is -2.22. The lowest BCUT2D eigenvalue weighted by Crippen LogP contribution is -2.50. The number of carboxylic acids is 1. The molecule has 0 aromatic heterocycles. The maximum Gasteiger partial charge on any atom is 0.326 e. The van der Waals surface area contributed by atoms with Gasteiger partial charge in [-0.2, -0.15) is 0 Å². The van der Waals surface area contributed by atoms with Crippen molar-refractivity contribution in [1.29, 1.82) is 0 Å². The molecule has 0 spiro atoms. The fraction of sp³-hybridized carbons (Fsp3) is 0.867. The Bertz CT molecular complexity index is 352. The predicted molar refractivity (Wildman–Crippen MR) is 76.4 cm³/mol. The van der Waals surface area contributed by atoms with Crippen molar-refractivity contribution in [3.63, 3.8) is 0 Å². The van der Waals surface area contributed by atoms with E-state index in [1.807, 2.05) is 13.8 Å². The Morgan fingerprint density at radius 2 is 1.75 bits per heavy atom. The van der Waals surface area contributed by atoms with Gasteiger partial charge in [0, 0.05) is 6.54 Å². The average molecular weight is 282 g/mol. The molecule has 20 heavy (non-hydrogen) atoms. The summed E-state index contributed by atoms with van der Waals surface area (Å²) in [4.78, 5) is 23.1. The minimum atomic E-state index is -0.963. The number of rotatable bonds is 8. The van der Waals surface area contributed by atoms with Gasteiger partial charge in [0.2, 0.25) is 0 Å². The van der Waals surface area contributed by atoms with Crippen LogP contribution >= 0.6 is 0 Å². The smallest absolute Gasteiger partial charge is 0.326 e. The highest BCUT2D eigenvalue weighted by atomic mass is 16.4. The van der Waals surface area contributed by atoms with Crippen LogP contribution in [0.15, 0.2) is 0 Å². The zero-order chi connectivity index (χ0) is 14.7. The Kier molecular flexibility index (Phi) is 4.89. The molecule has 0 aromatic carbocycles. The summed E-state index contributed by atoms with van der Waals surface area (Å²) in [6.45, 7) is 4.46. The zero-order valence-electron chi connectivity index (χ0n) is 12.4. The van der Waals surface area contributed by atoms with Gasteiger partial charge in [0.25, 0.3) is 0 Å². The largest absolute Gasteiger partial charge is 0.480 e. The molecule has 2 saturated carbocycles. The summed E-state index contributed by atoms with van der Waals surface area (Å²) in [5, 5.41) is 14.6. The molecule has 5 nitrogen and oxygen atoms in total. The molecule has 2 atom stereocenters. The van der Waals surface area contributed by atoms with Gasteiger partial charge in [-0.15, -0.1) is 0 Å². The van der Waals surface area contributed by atoms with Crippen LogP contribution in [0.2, 0.25) is 0 Å². The van der Waals surface area contributed by atoms with Gasteiger partial charge in [0.05, 0.1) is 0 Å². The van der Waals surface area contributed by atoms with Crippen LogP contribution in [0, 0.1) is 23.7 Å². The Labute approximate surface area is 120 Å². The number of hydrogen-bond donors (Lipinski definition) is 3. The molecule has 114 valence electrons. The van der Waals surface area contributed by atoms with Gasteiger partial charge in [0.1, 0.15) is 6.04 Å². The van der Waals surface area contributed by atoms with Crippen LogP contribution in [0.3, 0.4) is 0 Å². The lowest BCUT2D eigenvalue weighted by molar-refractivity contribution is -0.140. The molecule has 2 aliphatic carbocycles. The first-order chi connectivity index (χ1) is 9.52. The van der Waals surface area contributed by atoms with Gasteiger partial charge in [-0.25, -0.2) is 9.59 Å². The van der Waals surface area contributed by atoms with Crippen molar-refractivity contribution in [3.05, 3.63) is 0 Å². The minimum Gasteiger partial charge on any atom is -0.480 e. The van der Waals surface area contributed by atoms with Crippen molar-refractivity contribution >= 4 is 12.0 Å². The Morgan fingerprint density at radius 3 is 2.15 bits per heavy atom. The molecular weight excluding hydrogens is 256 g/mol. The SMILES string of the molecule is CC[C@H](C)[C@H](NC(=O)NCC(C1CC1)C1CC1)C(=O)O. The van der Waals surface area contributed by atoms with Crippen LogP contribution < -0.4 is 10.6 Å². The number of carboxylic acid groups (broad SMARTS) is 1. The topological polar surface area (TPSA) is 78.4 Å². The molecule has 0 radical (unpaired) electrons. The second kappa shape index (κ2) is 6.46. The van der Waals surface area contributed by atoms with Crippen LogP contribution in [0.4, 0.5) is 4.79 Å². The number of carbonyl (C=O) groups is 2. The fourth-order valence-corrected chi connectivity index (χ4v) is 2.85. The molecule has 3 N–H and O–H groups in total. The highest BCUT2D eigenvalue weighted by molar-refractivity contribution is 5.82. The minimum absolute atomic E-state index is 0.0686. The monoisotopic (exact) mass is 282 g/mol. The van der Waals surface area contributed by atoms with Crippen LogP contribution in [0.5, 0.6) is 0 Å². The van der Waals surface area contributed by atoms with Crippen LogP contribution in [-0.4, -0.2) is 29.7 Å². The van der Waals surface area contributed by atoms with Gasteiger partial charge < -0.3 is 15.7 Å². The van der Waals surface area contributed by atoms with Gasteiger partial charge in [-0.3, -0.25) is 0 Å². The van der Waals surface area contributed by atoms with Gasteiger partial charge in [0.15, 0.2) is 0 Å². The molecule has 0 saturated heterocycles. The molecule has 2 fully saturated rings. The quantitative estimate of drug-likeness (QED) is 0.638. The summed E-state index contributed by atoms with van der Waals surface area (Å²) >= 11 is 0. The first kappa shape index (κ1) is 15.1. The average Bonchev–Trinajstić information content (AvgIpc) is 3.26. The molecule has 2 aliphatic rings. The highest BCUT2D eigenvalue weighted by Crippen LogP contribution is 2.48. The normalized spacial score (nSPS) is 21.4. The van der Waals surface area contributed by atoms with Crippen LogP contribution in [-0.2, 0) is 4.79 Å². The van der Waals surface area contributed by atoms with Crippen molar-refractivity contribution in [2.45, 2.75) is 52.0 Å². The molecule has 2 amide bonds. The fourth-order valence-electron chi connectivity index (χ4n) is 2.85. The van der Waals surface area contributed by atoms with Crippen LogP contribution in [0.25, 0.3) is 0 Å². The third kappa shape index (κ3) is 4.12. The summed E-state index contributed by atoms with van der Waals surface area (Å²) in [6.07, 6.45) is 5.87. The van der Waals surface area contributed by atoms with E-state index in [1.165, 1.54) is 25.7 Å². The van der Waals surface area contributed by atoms with E-state index in [0.29, 0.717) is 12.5 Å². The molecular formula is C15H26N2O3. The van der Waals surface area contributed by atoms with Gasteiger partial charge in [-0.05, 0) is 49.4 Å². The molecule has 0 bridgehead atoms. The molecule has 0 heterocycles. The summed E-state index contributed by atoms with van der Waals surface area (Å²) < 4.78 is 0. The Morgan fingerprint density at radius 1 is 1.20 bits per heavy atom. The predicted octanol–water partition coefficient (Wildman–Crippen LogP) is 2.22. The molecule has 2 rings (SSSR count). The molecule has 0 aliphatic heterocycles. The van der Waals surface area contributed by atoms with Gasteiger partial charge in [-0.1, -0.05) is 20.3 Å². The third-order valence-corrected chi connectivity index (χ3v) is 4.72.